The zero-order chi connectivity index (χ0) is 39.9. The predicted molar refractivity (Wildman–Crippen MR) is 211 cm³/mol. The predicted octanol–water partition coefficient (Wildman–Crippen LogP) is 2.28. The van der Waals surface area contributed by atoms with Gasteiger partial charge in [-0.25, -0.2) is 0 Å². The Balaban J connectivity index is 1.59. The van der Waals surface area contributed by atoms with Gasteiger partial charge in [-0.1, -0.05) is 98.8 Å². The van der Waals surface area contributed by atoms with Crippen LogP contribution >= 0.6 is 0 Å². The Morgan fingerprint density at radius 1 is 0.764 bits per heavy atom. The van der Waals surface area contributed by atoms with Gasteiger partial charge >= 0.3 is 5.97 Å². The number of hydrogen-bond donors (Lipinski definition) is 9. The average molecular weight is 756 g/mol. The summed E-state index contributed by atoms with van der Waals surface area (Å²) in [6.07, 6.45) is 5.25. The fraction of sp³-hybridized carbons (Fsp3) is 0.425. The molecule has 4 atom stereocenters. The number of aliphatic carboxylic acids is 1. The van der Waals surface area contributed by atoms with E-state index in [1.54, 1.807) is 24.3 Å². The summed E-state index contributed by atoms with van der Waals surface area (Å²) >= 11 is 0. The molecule has 0 bridgehead atoms. The molecule has 4 rings (SSSR count). The minimum Gasteiger partial charge on any atom is -0.481 e. The van der Waals surface area contributed by atoms with Crippen molar-refractivity contribution in [3.8, 4) is 0 Å². The molecule has 13 N–H and O–H groups in total. The lowest BCUT2D eigenvalue weighted by molar-refractivity contribution is -0.138. The van der Waals surface area contributed by atoms with E-state index in [0.29, 0.717) is 17.5 Å². The second kappa shape index (κ2) is 20.5. The first-order valence-electron chi connectivity index (χ1n) is 18.7. The van der Waals surface area contributed by atoms with Gasteiger partial charge in [0, 0.05) is 18.5 Å². The summed E-state index contributed by atoms with van der Waals surface area (Å²) in [5.74, 6) is -4.66. The summed E-state index contributed by atoms with van der Waals surface area (Å²) in [7, 11) is 0. The Labute approximate surface area is 320 Å². The maximum atomic E-state index is 14.3. The smallest absolute Gasteiger partial charge is 0.303 e. The lowest BCUT2D eigenvalue weighted by Crippen LogP contribution is -2.57. The summed E-state index contributed by atoms with van der Waals surface area (Å²) in [6.45, 7) is 0.156. The number of amides is 4. The molecular weight excluding hydrogens is 702 g/mol. The lowest BCUT2D eigenvalue weighted by Gasteiger charge is -2.28. The SMILES string of the molecule is N=C(N)c1ccc(CC(C(=O)N[C@@H](CCC(=O)O)C(=O)N[C@@H](CCCN=C(N)N)C(=O)N[C@@H](CC2CCCCC2)C(N)=O)c2ccc3ccccc3c2)cc1. The summed E-state index contributed by atoms with van der Waals surface area (Å²) in [5, 5.41) is 27.4. The summed E-state index contributed by atoms with van der Waals surface area (Å²) < 4.78 is 0. The Morgan fingerprint density at radius 3 is 2.00 bits per heavy atom. The third kappa shape index (κ3) is 13.1. The Bertz CT molecular complexity index is 1860. The summed E-state index contributed by atoms with van der Waals surface area (Å²) in [6, 6.07) is 16.7. The van der Waals surface area contributed by atoms with E-state index in [-0.39, 0.29) is 49.9 Å². The highest BCUT2D eigenvalue weighted by Gasteiger charge is 2.32. The third-order valence-electron chi connectivity index (χ3n) is 10.0. The molecule has 1 unspecified atom stereocenters. The number of fused-ring (bicyclic) bond motifs is 1. The van der Waals surface area contributed by atoms with Crippen molar-refractivity contribution in [1.82, 2.24) is 16.0 Å². The van der Waals surface area contributed by atoms with E-state index in [4.69, 9.17) is 28.3 Å². The van der Waals surface area contributed by atoms with Gasteiger partial charge in [-0.15, -0.1) is 0 Å². The zero-order valence-corrected chi connectivity index (χ0v) is 31.0. The molecule has 3 aromatic rings. The molecule has 0 spiro atoms. The number of rotatable bonds is 20. The van der Waals surface area contributed by atoms with Gasteiger partial charge in [0.15, 0.2) is 5.96 Å². The molecule has 15 heteroatoms. The zero-order valence-electron chi connectivity index (χ0n) is 31.0. The van der Waals surface area contributed by atoms with Gasteiger partial charge in [-0.2, -0.15) is 0 Å². The normalized spacial score (nSPS) is 15.1. The maximum Gasteiger partial charge on any atom is 0.303 e. The van der Waals surface area contributed by atoms with Gasteiger partial charge < -0.3 is 44.0 Å². The van der Waals surface area contributed by atoms with Crippen LogP contribution in [0.15, 0.2) is 71.7 Å². The number of nitrogens with zero attached hydrogens (tertiary/aromatic N) is 1. The maximum absolute atomic E-state index is 14.3. The van der Waals surface area contributed by atoms with Crippen LogP contribution in [0.2, 0.25) is 0 Å². The molecule has 294 valence electrons. The minimum absolute atomic E-state index is 0.0683. The van der Waals surface area contributed by atoms with E-state index in [9.17, 15) is 29.1 Å². The number of primary amides is 1. The number of guanidine groups is 1. The van der Waals surface area contributed by atoms with Crippen LogP contribution < -0.4 is 38.9 Å². The Hall–Kier alpha value is -5.99. The van der Waals surface area contributed by atoms with Gasteiger partial charge in [-0.3, -0.25) is 34.4 Å². The molecule has 4 amide bonds. The van der Waals surface area contributed by atoms with Gasteiger partial charge in [0.2, 0.25) is 23.6 Å². The van der Waals surface area contributed by atoms with Crippen molar-refractivity contribution < 1.29 is 29.1 Å². The Morgan fingerprint density at radius 2 is 1.38 bits per heavy atom. The topological polar surface area (TPSA) is 282 Å². The quantitative estimate of drug-likeness (QED) is 0.0464. The van der Waals surface area contributed by atoms with Crippen LogP contribution in [0.25, 0.3) is 10.8 Å². The minimum atomic E-state index is -1.34. The lowest BCUT2D eigenvalue weighted by atomic mass is 9.84. The number of carbonyl (C=O) groups is 5. The highest BCUT2D eigenvalue weighted by atomic mass is 16.4. The first-order chi connectivity index (χ1) is 26.3. The second-order valence-corrected chi connectivity index (χ2v) is 14.2. The van der Waals surface area contributed by atoms with Crippen molar-refractivity contribution in [2.45, 2.75) is 94.7 Å². The van der Waals surface area contributed by atoms with Crippen LogP contribution in [0, 0.1) is 11.3 Å². The van der Waals surface area contributed by atoms with E-state index in [1.165, 1.54) is 0 Å². The van der Waals surface area contributed by atoms with Crippen molar-refractivity contribution in [3.63, 3.8) is 0 Å². The summed E-state index contributed by atoms with van der Waals surface area (Å²) in [5.41, 5.74) is 24.2. The molecule has 0 aromatic heterocycles. The van der Waals surface area contributed by atoms with E-state index in [1.807, 2.05) is 42.5 Å². The number of hydrogen-bond acceptors (Lipinski definition) is 7. The van der Waals surface area contributed by atoms with Crippen molar-refractivity contribution in [2.24, 2.45) is 33.8 Å². The number of amidine groups is 1. The summed E-state index contributed by atoms with van der Waals surface area (Å²) in [4.78, 5) is 70.1. The first-order valence-corrected chi connectivity index (χ1v) is 18.7. The number of aliphatic imine (C=N–C) groups is 1. The Kier molecular flexibility index (Phi) is 15.5. The highest BCUT2D eigenvalue weighted by molar-refractivity contribution is 5.96. The average Bonchev–Trinajstić information content (AvgIpc) is 3.16. The van der Waals surface area contributed by atoms with Crippen LogP contribution in [-0.4, -0.2) is 71.2 Å². The molecule has 1 fully saturated rings. The number of nitrogens with two attached hydrogens (primary N) is 4. The van der Waals surface area contributed by atoms with Crippen LogP contribution in [0.4, 0.5) is 0 Å². The van der Waals surface area contributed by atoms with Crippen LogP contribution in [0.1, 0.15) is 86.8 Å². The van der Waals surface area contributed by atoms with Crippen molar-refractivity contribution in [3.05, 3.63) is 83.4 Å². The highest BCUT2D eigenvalue weighted by Crippen LogP contribution is 2.28. The first kappa shape index (κ1) is 41.8. The van der Waals surface area contributed by atoms with E-state index in [2.05, 4.69) is 20.9 Å². The molecule has 0 aliphatic heterocycles. The third-order valence-corrected chi connectivity index (χ3v) is 10.0. The standard InChI is InChI=1S/C40H53N9O6/c41-35(42)27-14-12-25(13-15-27)21-30(29-17-16-26-9-4-5-10-28(26)23-29)37(53)47-32(18-19-34(50)51)39(55)48-31(11-6-20-46-40(44)45)38(54)49-33(36(43)52)22-24-7-2-1-3-8-24/h4-5,9-10,12-17,23-24,30-33H,1-3,6-8,11,18-22H2,(H3,41,42)(H2,43,52)(H,47,53)(H,48,55)(H,49,54)(H,50,51)(H4,44,45,46)/t30?,31-,32-,33-/m0/s1. The monoisotopic (exact) mass is 755 g/mol. The second-order valence-electron chi connectivity index (χ2n) is 14.2. The van der Waals surface area contributed by atoms with Gasteiger partial charge in [0.05, 0.1) is 5.92 Å². The van der Waals surface area contributed by atoms with Crippen molar-refractivity contribution >= 4 is 52.2 Å². The molecule has 15 nitrogen and oxygen atoms in total. The van der Waals surface area contributed by atoms with Gasteiger partial charge in [0.25, 0.3) is 0 Å². The van der Waals surface area contributed by atoms with E-state index in [0.717, 1.165) is 48.4 Å². The fourth-order valence-electron chi connectivity index (χ4n) is 6.97. The van der Waals surface area contributed by atoms with Gasteiger partial charge in [-0.05, 0) is 59.9 Å². The molecule has 3 aromatic carbocycles. The number of nitrogen functional groups attached to an aromatic ring is 1. The molecule has 55 heavy (non-hydrogen) atoms. The van der Waals surface area contributed by atoms with Crippen molar-refractivity contribution in [1.29, 1.82) is 5.41 Å². The largest absolute Gasteiger partial charge is 0.481 e. The van der Waals surface area contributed by atoms with E-state index >= 15 is 0 Å². The van der Waals surface area contributed by atoms with E-state index < -0.39 is 60.1 Å². The van der Waals surface area contributed by atoms with Crippen molar-refractivity contribution in [2.75, 3.05) is 6.54 Å². The van der Waals surface area contributed by atoms with Crippen LogP contribution in [-0.2, 0) is 30.4 Å². The molecule has 0 heterocycles. The molecular formula is C40H53N9O6. The molecule has 0 radical (unpaired) electrons. The molecule has 0 saturated heterocycles. The molecule has 1 aliphatic rings. The fourth-order valence-corrected chi connectivity index (χ4v) is 6.97. The number of carboxylic acid groups (broad SMARTS) is 1. The molecule has 1 aliphatic carbocycles. The number of carboxylic acids is 1. The number of benzene rings is 3. The molecule has 1 saturated carbocycles. The van der Waals surface area contributed by atoms with Crippen LogP contribution in [0.5, 0.6) is 0 Å². The number of nitrogens with one attached hydrogen (secondary N) is 4. The van der Waals surface area contributed by atoms with Crippen LogP contribution in [0.3, 0.4) is 0 Å². The number of carbonyl (C=O) groups excluding carboxylic acids is 4. The van der Waals surface area contributed by atoms with Gasteiger partial charge in [0.1, 0.15) is 24.0 Å².